The van der Waals surface area contributed by atoms with Crippen molar-refractivity contribution >= 4 is 6.09 Å². The topological polar surface area (TPSA) is 113 Å². The molecule has 0 saturated carbocycles. The maximum Gasteiger partial charge on any atom is 0.404 e. The fourth-order valence-electron chi connectivity index (χ4n) is 4.02. The number of amides is 1. The molecular weight excluding hydrogens is 394 g/mol. The standard InChI is InChI=1S/C25H43NO5/c1-8-9-11-18(4)24(31-25(26)30)21(7)23(29)20(6)15-16(2)14-19(5)22(28)17(3)12-10-13-27/h8-12,14,17-24,27-29H,1,13,15H2,2-7H3,(H2,26,30). The number of carbonyl (C=O) groups excluding carboxylic acids is 1. The molecule has 0 radical (unpaired) electrons. The van der Waals surface area contributed by atoms with Crippen LogP contribution >= 0.6 is 0 Å². The van der Waals surface area contributed by atoms with Crippen molar-refractivity contribution < 1.29 is 24.9 Å². The highest BCUT2D eigenvalue weighted by atomic mass is 16.6. The van der Waals surface area contributed by atoms with E-state index >= 15 is 0 Å². The molecule has 0 aliphatic rings. The van der Waals surface area contributed by atoms with Gasteiger partial charge in [0.2, 0.25) is 0 Å². The van der Waals surface area contributed by atoms with Gasteiger partial charge in [-0.2, -0.15) is 0 Å². The summed E-state index contributed by atoms with van der Waals surface area (Å²) in [7, 11) is 0. The molecule has 0 aromatic heterocycles. The molecule has 178 valence electrons. The van der Waals surface area contributed by atoms with E-state index in [-0.39, 0.29) is 36.2 Å². The number of carbonyl (C=O) groups is 1. The first kappa shape index (κ1) is 29.1. The second-order valence-electron chi connectivity index (χ2n) is 8.74. The van der Waals surface area contributed by atoms with Gasteiger partial charge in [-0.3, -0.25) is 0 Å². The first-order chi connectivity index (χ1) is 14.5. The van der Waals surface area contributed by atoms with E-state index in [9.17, 15) is 15.0 Å². The summed E-state index contributed by atoms with van der Waals surface area (Å²) in [5.74, 6) is -0.702. The molecule has 0 aliphatic carbocycles. The monoisotopic (exact) mass is 437 g/mol. The van der Waals surface area contributed by atoms with Crippen molar-refractivity contribution in [2.45, 2.75) is 66.3 Å². The third-order valence-corrected chi connectivity index (χ3v) is 5.77. The summed E-state index contributed by atoms with van der Waals surface area (Å²) in [5, 5.41) is 30.3. The molecule has 0 rings (SSSR count). The Kier molecular flexibility index (Phi) is 14.1. The first-order valence-corrected chi connectivity index (χ1v) is 11.0. The smallest absolute Gasteiger partial charge is 0.404 e. The molecular formula is C25H43NO5. The average Bonchev–Trinajstić information content (AvgIpc) is 2.71. The summed E-state index contributed by atoms with van der Waals surface area (Å²) >= 11 is 0. The van der Waals surface area contributed by atoms with E-state index in [1.165, 1.54) is 0 Å². The Labute approximate surface area is 188 Å². The molecule has 0 spiro atoms. The summed E-state index contributed by atoms with van der Waals surface area (Å²) < 4.78 is 5.32. The number of nitrogens with two attached hydrogens (primary N) is 1. The lowest BCUT2D eigenvalue weighted by Crippen LogP contribution is -2.41. The molecule has 0 saturated heterocycles. The summed E-state index contributed by atoms with van der Waals surface area (Å²) in [6, 6.07) is 0. The summed E-state index contributed by atoms with van der Waals surface area (Å²) in [6.07, 6.45) is 8.70. The molecule has 0 aromatic carbocycles. The minimum atomic E-state index is -0.862. The van der Waals surface area contributed by atoms with Gasteiger partial charge in [-0.1, -0.05) is 83.2 Å². The van der Waals surface area contributed by atoms with Crippen LogP contribution in [0.15, 0.2) is 48.6 Å². The molecule has 8 unspecified atom stereocenters. The largest absolute Gasteiger partial charge is 0.445 e. The van der Waals surface area contributed by atoms with E-state index in [1.807, 2.05) is 53.7 Å². The molecule has 0 aromatic rings. The minimum absolute atomic E-state index is 0.0453. The van der Waals surface area contributed by atoms with Crippen LogP contribution in [0, 0.1) is 29.6 Å². The van der Waals surface area contributed by atoms with Crippen LogP contribution in [0.1, 0.15) is 48.0 Å². The quantitative estimate of drug-likeness (QED) is 0.242. The SMILES string of the molecule is C=CC=CC(C)C(OC(N)=O)C(C)C(O)C(C)CC(C)=CC(C)C(O)C(C)C=CCO. The third-order valence-electron chi connectivity index (χ3n) is 5.77. The van der Waals surface area contributed by atoms with Gasteiger partial charge in [-0.15, -0.1) is 0 Å². The number of aliphatic hydroxyl groups excluding tert-OH is 3. The van der Waals surface area contributed by atoms with Crippen molar-refractivity contribution in [2.24, 2.45) is 35.3 Å². The van der Waals surface area contributed by atoms with Gasteiger partial charge in [0, 0.05) is 23.7 Å². The van der Waals surface area contributed by atoms with Crippen molar-refractivity contribution in [2.75, 3.05) is 6.61 Å². The molecule has 1 amide bonds. The van der Waals surface area contributed by atoms with Gasteiger partial charge in [0.05, 0.1) is 18.8 Å². The normalized spacial score (nSPS) is 20.6. The van der Waals surface area contributed by atoms with Crippen molar-refractivity contribution in [3.63, 3.8) is 0 Å². The Balaban J connectivity index is 5.20. The highest BCUT2D eigenvalue weighted by Crippen LogP contribution is 2.28. The maximum atomic E-state index is 11.4. The van der Waals surface area contributed by atoms with Crippen LogP contribution in [-0.4, -0.2) is 46.3 Å². The fraction of sp³-hybridized carbons (Fsp3) is 0.640. The summed E-state index contributed by atoms with van der Waals surface area (Å²) in [4.78, 5) is 11.4. The van der Waals surface area contributed by atoms with Gasteiger partial charge < -0.3 is 25.8 Å². The lowest BCUT2D eigenvalue weighted by molar-refractivity contribution is -0.0266. The number of hydrogen-bond acceptors (Lipinski definition) is 5. The van der Waals surface area contributed by atoms with Crippen LogP contribution in [0.5, 0.6) is 0 Å². The van der Waals surface area contributed by atoms with Crippen LogP contribution in [-0.2, 0) is 4.74 Å². The first-order valence-electron chi connectivity index (χ1n) is 11.0. The highest BCUT2D eigenvalue weighted by molar-refractivity contribution is 5.64. The molecule has 0 aliphatic heterocycles. The van der Waals surface area contributed by atoms with E-state index in [4.69, 9.17) is 15.6 Å². The number of allylic oxidation sites excluding steroid dienone is 3. The van der Waals surface area contributed by atoms with E-state index < -0.39 is 24.4 Å². The van der Waals surface area contributed by atoms with Gasteiger partial charge in [0.25, 0.3) is 0 Å². The molecule has 6 nitrogen and oxygen atoms in total. The van der Waals surface area contributed by atoms with Crippen LogP contribution in [0.4, 0.5) is 4.79 Å². The van der Waals surface area contributed by atoms with E-state index in [2.05, 4.69) is 6.58 Å². The van der Waals surface area contributed by atoms with Gasteiger partial charge in [-0.25, -0.2) is 4.79 Å². The van der Waals surface area contributed by atoms with Gasteiger partial charge in [-0.05, 0) is 19.3 Å². The zero-order valence-electron chi connectivity index (χ0n) is 19.9. The zero-order chi connectivity index (χ0) is 24.1. The Hall–Kier alpha value is -1.89. The zero-order valence-corrected chi connectivity index (χ0v) is 19.9. The summed E-state index contributed by atoms with van der Waals surface area (Å²) in [5.41, 5.74) is 6.32. The predicted octanol–water partition coefficient (Wildman–Crippen LogP) is 3.98. The highest BCUT2D eigenvalue weighted by Gasteiger charge is 2.33. The second-order valence-corrected chi connectivity index (χ2v) is 8.74. The van der Waals surface area contributed by atoms with Crippen LogP contribution in [0.2, 0.25) is 0 Å². The van der Waals surface area contributed by atoms with Crippen molar-refractivity contribution in [3.8, 4) is 0 Å². The molecule has 8 atom stereocenters. The molecule has 0 bridgehead atoms. The van der Waals surface area contributed by atoms with Gasteiger partial charge in [0.15, 0.2) is 0 Å². The number of hydrogen-bond donors (Lipinski definition) is 4. The summed E-state index contributed by atoms with van der Waals surface area (Å²) in [6.45, 7) is 15.2. The fourth-order valence-corrected chi connectivity index (χ4v) is 4.02. The Morgan fingerprint density at radius 3 is 2.16 bits per heavy atom. The molecule has 0 fully saturated rings. The Bertz CT molecular complexity index is 627. The Morgan fingerprint density at radius 2 is 1.65 bits per heavy atom. The van der Waals surface area contributed by atoms with Crippen molar-refractivity contribution in [1.82, 2.24) is 0 Å². The molecule has 6 heteroatoms. The van der Waals surface area contributed by atoms with E-state index in [0.29, 0.717) is 6.42 Å². The molecule has 0 heterocycles. The van der Waals surface area contributed by atoms with E-state index in [1.54, 1.807) is 24.3 Å². The lowest BCUT2D eigenvalue weighted by Gasteiger charge is -2.33. The van der Waals surface area contributed by atoms with Crippen LogP contribution < -0.4 is 5.73 Å². The number of aliphatic hydroxyl groups is 3. The van der Waals surface area contributed by atoms with E-state index in [0.717, 1.165) is 5.57 Å². The number of primary amides is 1. The van der Waals surface area contributed by atoms with Gasteiger partial charge >= 0.3 is 6.09 Å². The number of ether oxygens (including phenoxy) is 1. The second kappa shape index (κ2) is 15.0. The van der Waals surface area contributed by atoms with Crippen molar-refractivity contribution in [1.29, 1.82) is 0 Å². The van der Waals surface area contributed by atoms with Crippen molar-refractivity contribution in [3.05, 3.63) is 48.6 Å². The molecule has 5 N–H and O–H groups in total. The maximum absolute atomic E-state index is 11.4. The minimum Gasteiger partial charge on any atom is -0.445 e. The van der Waals surface area contributed by atoms with Gasteiger partial charge in [0.1, 0.15) is 6.10 Å². The predicted molar refractivity (Wildman–Crippen MR) is 126 cm³/mol. The number of rotatable bonds is 14. The van der Waals surface area contributed by atoms with Crippen LogP contribution in [0.25, 0.3) is 0 Å². The molecule has 31 heavy (non-hydrogen) atoms. The Morgan fingerprint density at radius 1 is 1.03 bits per heavy atom. The van der Waals surface area contributed by atoms with Crippen LogP contribution in [0.3, 0.4) is 0 Å². The lowest BCUT2D eigenvalue weighted by atomic mass is 9.81. The third kappa shape index (κ3) is 10.8. The average molecular weight is 438 g/mol.